The Balaban J connectivity index is 2.41. The number of rotatable bonds is 6. The Morgan fingerprint density at radius 1 is 1.09 bits per heavy atom. The van der Waals surface area contributed by atoms with Crippen molar-refractivity contribution < 1.29 is 15.0 Å². The van der Waals surface area contributed by atoms with E-state index in [2.05, 4.69) is 36.0 Å². The summed E-state index contributed by atoms with van der Waals surface area (Å²) in [5.41, 5.74) is 1.59. The van der Waals surface area contributed by atoms with Crippen molar-refractivity contribution in [3.8, 4) is 5.75 Å². The standard InChI is InChI=1S/C25H29N3O3S2/c1-16(29)21(17(2)30)15-26-24(32-6)28-27-14-18-12-19(25(3,4)5)13-22(23(18)31)33-20-10-8-7-9-11-20/h7-15,29,31H,1-6H3/b21-16-,26-15+,27-14+,28-24-. The molecule has 0 aromatic heterocycles. The van der Waals surface area contributed by atoms with Gasteiger partial charge in [-0.2, -0.15) is 5.10 Å². The molecular formula is C25H29N3O3S2. The lowest BCUT2D eigenvalue weighted by molar-refractivity contribution is -0.113. The molecule has 0 spiro atoms. The lowest BCUT2D eigenvalue weighted by Gasteiger charge is -2.21. The summed E-state index contributed by atoms with van der Waals surface area (Å²) in [5, 5.41) is 29.0. The third-order valence-corrected chi connectivity index (χ3v) is 6.13. The number of aromatic hydroxyl groups is 1. The first kappa shape index (κ1) is 26.4. The van der Waals surface area contributed by atoms with Crippen LogP contribution in [-0.2, 0) is 10.2 Å². The molecule has 0 unspecified atom stereocenters. The summed E-state index contributed by atoms with van der Waals surface area (Å²) in [6.45, 7) is 9.11. The molecular weight excluding hydrogens is 454 g/mol. The van der Waals surface area contributed by atoms with E-state index in [9.17, 15) is 15.0 Å². The zero-order chi connectivity index (χ0) is 24.6. The lowest BCUT2D eigenvalue weighted by Crippen LogP contribution is -2.11. The monoisotopic (exact) mass is 483 g/mol. The molecule has 0 bridgehead atoms. The second-order valence-corrected chi connectivity index (χ2v) is 10.1. The summed E-state index contributed by atoms with van der Waals surface area (Å²) in [6, 6.07) is 13.8. The topological polar surface area (TPSA) is 94.6 Å². The number of hydrogen-bond donors (Lipinski definition) is 2. The van der Waals surface area contributed by atoms with Gasteiger partial charge in [0.2, 0.25) is 5.17 Å². The molecule has 0 aliphatic heterocycles. The van der Waals surface area contributed by atoms with Gasteiger partial charge in [-0.1, -0.05) is 62.5 Å². The van der Waals surface area contributed by atoms with Crippen LogP contribution in [0.4, 0.5) is 0 Å². The van der Waals surface area contributed by atoms with E-state index in [0.717, 1.165) is 15.4 Å². The van der Waals surface area contributed by atoms with Gasteiger partial charge in [-0.05, 0) is 55.3 Å². The Bertz CT molecular complexity index is 1110. The molecule has 2 aromatic carbocycles. The summed E-state index contributed by atoms with van der Waals surface area (Å²) in [6.07, 6.45) is 4.54. The minimum absolute atomic E-state index is 0.109. The van der Waals surface area contributed by atoms with Crippen LogP contribution in [0.5, 0.6) is 5.75 Å². The highest BCUT2D eigenvalue weighted by molar-refractivity contribution is 8.13. The molecule has 6 nitrogen and oxygen atoms in total. The van der Waals surface area contributed by atoms with E-state index in [1.807, 2.05) is 42.5 Å². The Morgan fingerprint density at radius 2 is 1.76 bits per heavy atom. The first-order valence-electron chi connectivity index (χ1n) is 10.2. The van der Waals surface area contributed by atoms with E-state index >= 15 is 0 Å². The van der Waals surface area contributed by atoms with Crippen LogP contribution in [0.15, 0.2) is 78.8 Å². The summed E-state index contributed by atoms with van der Waals surface area (Å²) >= 11 is 2.73. The molecule has 2 N–H and O–H groups in total. The number of nitrogens with zero attached hydrogens (tertiary/aromatic N) is 3. The van der Waals surface area contributed by atoms with Crippen molar-refractivity contribution in [3.05, 3.63) is 64.9 Å². The number of allylic oxidation sites excluding steroid dienone is 2. The number of thioether (sulfide) groups is 1. The average molecular weight is 484 g/mol. The van der Waals surface area contributed by atoms with E-state index in [1.54, 1.807) is 6.26 Å². The lowest BCUT2D eigenvalue weighted by atomic mass is 9.86. The van der Waals surface area contributed by atoms with Gasteiger partial charge in [0.05, 0.1) is 16.7 Å². The second kappa shape index (κ2) is 11.9. The fourth-order valence-corrected chi connectivity index (χ4v) is 3.91. The fraction of sp³-hybridized carbons (Fsp3) is 0.280. The third kappa shape index (κ3) is 7.91. The first-order valence-corrected chi connectivity index (χ1v) is 12.3. The Labute approximate surface area is 203 Å². The summed E-state index contributed by atoms with van der Waals surface area (Å²) in [7, 11) is 0. The van der Waals surface area contributed by atoms with E-state index in [-0.39, 0.29) is 28.3 Å². The van der Waals surface area contributed by atoms with Crippen molar-refractivity contribution in [1.82, 2.24) is 0 Å². The number of carbonyl (C=O) groups is 1. The molecule has 0 atom stereocenters. The number of phenols is 1. The van der Waals surface area contributed by atoms with Crippen LogP contribution >= 0.6 is 23.5 Å². The average Bonchev–Trinajstić information content (AvgIpc) is 2.74. The van der Waals surface area contributed by atoms with Gasteiger partial charge in [-0.15, -0.1) is 5.10 Å². The van der Waals surface area contributed by atoms with Crippen molar-refractivity contribution in [2.75, 3.05) is 6.26 Å². The van der Waals surface area contributed by atoms with E-state index in [0.29, 0.717) is 10.7 Å². The largest absolute Gasteiger partial charge is 0.512 e. The van der Waals surface area contributed by atoms with Gasteiger partial charge in [0.1, 0.15) is 11.5 Å². The van der Waals surface area contributed by atoms with Gasteiger partial charge < -0.3 is 10.2 Å². The van der Waals surface area contributed by atoms with Crippen molar-refractivity contribution in [3.63, 3.8) is 0 Å². The van der Waals surface area contributed by atoms with Gasteiger partial charge in [0.25, 0.3) is 0 Å². The van der Waals surface area contributed by atoms with Crippen LogP contribution in [-0.4, -0.2) is 39.8 Å². The van der Waals surface area contributed by atoms with Crippen molar-refractivity contribution in [2.45, 2.75) is 49.8 Å². The predicted octanol–water partition coefficient (Wildman–Crippen LogP) is 6.39. The summed E-state index contributed by atoms with van der Waals surface area (Å²) in [5.74, 6) is -0.277. The maximum atomic E-state index is 11.6. The van der Waals surface area contributed by atoms with Gasteiger partial charge in [0, 0.05) is 16.7 Å². The normalized spacial score (nSPS) is 13.6. The fourth-order valence-electron chi connectivity index (χ4n) is 2.67. The number of carbonyl (C=O) groups excluding carboxylic acids is 1. The number of aliphatic hydroxyl groups excluding tert-OH is 1. The van der Waals surface area contributed by atoms with Crippen LogP contribution < -0.4 is 0 Å². The molecule has 0 fully saturated rings. The SMILES string of the molecule is CSC(=N\N=C\c1cc(C(C)(C)C)cc(Sc2ccccc2)c1O)/N=C/C(C(C)=O)=C(\C)O. The van der Waals surface area contributed by atoms with Gasteiger partial charge in [-0.25, -0.2) is 4.99 Å². The van der Waals surface area contributed by atoms with Crippen LogP contribution in [0.2, 0.25) is 0 Å². The Morgan fingerprint density at radius 3 is 2.30 bits per heavy atom. The second-order valence-electron chi connectivity index (χ2n) is 8.22. The number of aliphatic imine (C=N–C) groups is 1. The van der Waals surface area contributed by atoms with Crippen LogP contribution in [0.3, 0.4) is 0 Å². The molecule has 0 aliphatic rings. The molecule has 0 saturated carbocycles. The van der Waals surface area contributed by atoms with Crippen LogP contribution in [0.25, 0.3) is 0 Å². The van der Waals surface area contributed by atoms with E-state index in [1.165, 1.54) is 49.8 Å². The van der Waals surface area contributed by atoms with E-state index < -0.39 is 0 Å². The molecule has 174 valence electrons. The molecule has 0 amide bonds. The summed E-state index contributed by atoms with van der Waals surface area (Å²) in [4.78, 5) is 17.5. The molecule has 33 heavy (non-hydrogen) atoms. The highest BCUT2D eigenvalue weighted by Crippen LogP contribution is 2.39. The van der Waals surface area contributed by atoms with Gasteiger partial charge >= 0.3 is 0 Å². The van der Waals surface area contributed by atoms with Crippen LogP contribution in [0, 0.1) is 0 Å². The number of ketones is 1. The minimum atomic E-state index is -0.296. The molecule has 2 aromatic rings. The molecule has 2 rings (SSSR count). The minimum Gasteiger partial charge on any atom is -0.512 e. The third-order valence-electron chi connectivity index (χ3n) is 4.54. The number of hydrogen-bond acceptors (Lipinski definition) is 7. The highest BCUT2D eigenvalue weighted by Gasteiger charge is 2.19. The predicted molar refractivity (Wildman–Crippen MR) is 140 cm³/mol. The number of aliphatic hydroxyl groups is 1. The van der Waals surface area contributed by atoms with Crippen molar-refractivity contribution in [2.24, 2.45) is 15.2 Å². The zero-order valence-corrected chi connectivity index (χ0v) is 21.3. The molecule has 0 heterocycles. The number of amidine groups is 1. The highest BCUT2D eigenvalue weighted by atomic mass is 32.2. The molecule has 0 aliphatic carbocycles. The Hall–Kier alpha value is -2.84. The number of benzene rings is 2. The van der Waals surface area contributed by atoms with Crippen molar-refractivity contribution >= 4 is 46.9 Å². The van der Waals surface area contributed by atoms with Crippen molar-refractivity contribution in [1.29, 1.82) is 0 Å². The molecule has 0 radical (unpaired) electrons. The number of Topliss-reactive ketones (excluding diaryl/α,β-unsaturated/α-hetero) is 1. The molecule has 8 heteroatoms. The maximum absolute atomic E-state index is 11.6. The van der Waals surface area contributed by atoms with Gasteiger partial charge in [0.15, 0.2) is 5.78 Å². The number of phenolic OH excluding ortho intramolecular Hbond substituents is 1. The van der Waals surface area contributed by atoms with E-state index in [4.69, 9.17) is 0 Å². The Kier molecular flexibility index (Phi) is 9.49. The first-order chi connectivity index (χ1) is 15.5. The maximum Gasteiger partial charge on any atom is 0.208 e. The summed E-state index contributed by atoms with van der Waals surface area (Å²) < 4.78 is 0. The quantitative estimate of drug-likeness (QED) is 0.163. The zero-order valence-electron chi connectivity index (χ0n) is 19.7. The van der Waals surface area contributed by atoms with Gasteiger partial charge in [-0.3, -0.25) is 4.79 Å². The van der Waals surface area contributed by atoms with Crippen LogP contribution in [0.1, 0.15) is 45.7 Å². The smallest absolute Gasteiger partial charge is 0.208 e. The molecule has 0 saturated heterocycles.